The third-order valence-electron chi connectivity index (χ3n) is 2.64. The quantitative estimate of drug-likeness (QED) is 0.428. The van der Waals surface area contributed by atoms with Gasteiger partial charge in [0.25, 0.3) is 0 Å². The van der Waals surface area contributed by atoms with Crippen molar-refractivity contribution in [3.05, 3.63) is 29.3 Å². The number of aliphatic imine (C=N–C) groups is 2. The maximum absolute atomic E-state index is 5.80. The molecular formula is C14H22ClN5. The van der Waals surface area contributed by atoms with Gasteiger partial charge < -0.3 is 16.8 Å². The summed E-state index contributed by atoms with van der Waals surface area (Å²) >= 11 is 5.80. The smallest absolute Gasteiger partial charge is 0.218 e. The minimum absolute atomic E-state index is 0.195. The van der Waals surface area contributed by atoms with Crippen LogP contribution in [0.15, 0.2) is 34.3 Å². The van der Waals surface area contributed by atoms with Crippen molar-refractivity contribution in [3.8, 4) is 0 Å². The van der Waals surface area contributed by atoms with Crippen molar-refractivity contribution in [2.75, 3.05) is 11.9 Å². The molecule has 1 rings (SSSR count). The van der Waals surface area contributed by atoms with E-state index in [1.807, 2.05) is 12.1 Å². The highest BCUT2D eigenvalue weighted by molar-refractivity contribution is 6.30. The van der Waals surface area contributed by atoms with Crippen molar-refractivity contribution >= 4 is 29.2 Å². The summed E-state index contributed by atoms with van der Waals surface area (Å²) in [5.41, 5.74) is 12.2. The molecule has 0 fully saturated rings. The van der Waals surface area contributed by atoms with Crippen molar-refractivity contribution < 1.29 is 0 Å². The summed E-state index contributed by atoms with van der Waals surface area (Å²) in [5.74, 6) is 0.405. The van der Waals surface area contributed by atoms with E-state index in [4.69, 9.17) is 23.1 Å². The summed E-state index contributed by atoms with van der Waals surface area (Å²) in [6.07, 6.45) is 4.61. The molecule has 0 unspecified atom stereocenters. The van der Waals surface area contributed by atoms with E-state index >= 15 is 0 Å². The van der Waals surface area contributed by atoms with Crippen LogP contribution in [0.25, 0.3) is 0 Å². The van der Waals surface area contributed by atoms with E-state index < -0.39 is 0 Å². The maximum Gasteiger partial charge on any atom is 0.218 e. The molecule has 1 aromatic carbocycles. The van der Waals surface area contributed by atoms with Gasteiger partial charge in [0, 0.05) is 17.3 Å². The Morgan fingerprint density at radius 1 is 1.15 bits per heavy atom. The number of rotatable bonds is 6. The van der Waals surface area contributed by atoms with Crippen LogP contribution in [0, 0.1) is 0 Å². The Bertz CT molecular complexity index is 453. The molecule has 1 aromatic rings. The average Bonchev–Trinajstić information content (AvgIpc) is 2.41. The maximum atomic E-state index is 5.80. The second kappa shape index (κ2) is 9.20. The lowest BCUT2D eigenvalue weighted by Crippen LogP contribution is -2.26. The number of guanidine groups is 2. The molecule has 0 amide bonds. The predicted octanol–water partition coefficient (Wildman–Crippen LogP) is 2.96. The molecule has 0 aliphatic heterocycles. The van der Waals surface area contributed by atoms with Crippen molar-refractivity contribution in [1.29, 1.82) is 0 Å². The average molecular weight is 296 g/mol. The molecule has 5 N–H and O–H groups in total. The van der Waals surface area contributed by atoms with Gasteiger partial charge in [-0.2, -0.15) is 4.99 Å². The lowest BCUT2D eigenvalue weighted by molar-refractivity contribution is 0.674. The number of hydrogen-bond donors (Lipinski definition) is 3. The highest BCUT2D eigenvalue weighted by Gasteiger charge is 1.96. The highest BCUT2D eigenvalue weighted by atomic mass is 35.5. The Morgan fingerprint density at radius 3 is 2.50 bits per heavy atom. The zero-order valence-corrected chi connectivity index (χ0v) is 12.5. The van der Waals surface area contributed by atoms with Crippen molar-refractivity contribution in [3.63, 3.8) is 0 Å². The van der Waals surface area contributed by atoms with Crippen molar-refractivity contribution in [1.82, 2.24) is 0 Å². The monoisotopic (exact) mass is 295 g/mol. The Morgan fingerprint density at radius 2 is 1.85 bits per heavy atom. The fraction of sp³-hybridized carbons (Fsp3) is 0.429. The van der Waals surface area contributed by atoms with Crippen LogP contribution in [-0.2, 0) is 0 Å². The first kappa shape index (κ1) is 16.3. The molecule has 0 heterocycles. The van der Waals surface area contributed by atoms with Gasteiger partial charge >= 0.3 is 0 Å². The first-order valence-electron chi connectivity index (χ1n) is 6.78. The summed E-state index contributed by atoms with van der Waals surface area (Å²) in [6.45, 7) is 2.86. The first-order valence-corrected chi connectivity index (χ1v) is 7.16. The van der Waals surface area contributed by atoms with E-state index in [0.29, 0.717) is 11.6 Å². The summed E-state index contributed by atoms with van der Waals surface area (Å²) in [4.78, 5) is 8.15. The molecule has 0 saturated carbocycles. The highest BCUT2D eigenvalue weighted by Crippen LogP contribution is 2.12. The molecular weight excluding hydrogens is 274 g/mol. The van der Waals surface area contributed by atoms with Gasteiger partial charge in [0.2, 0.25) is 11.9 Å². The molecule has 0 atom stereocenters. The molecule has 6 heteroatoms. The van der Waals surface area contributed by atoms with Crippen LogP contribution in [0.2, 0.25) is 5.02 Å². The molecule has 0 aromatic heterocycles. The van der Waals surface area contributed by atoms with E-state index in [2.05, 4.69) is 22.2 Å². The minimum atomic E-state index is 0.195. The van der Waals surface area contributed by atoms with Crippen molar-refractivity contribution in [2.24, 2.45) is 21.5 Å². The van der Waals surface area contributed by atoms with Gasteiger partial charge in [-0.25, -0.2) is 0 Å². The summed E-state index contributed by atoms with van der Waals surface area (Å²) in [6, 6.07) is 7.15. The van der Waals surface area contributed by atoms with Crippen LogP contribution in [-0.4, -0.2) is 18.5 Å². The number of anilines is 1. The molecule has 0 aliphatic carbocycles. The van der Waals surface area contributed by atoms with Gasteiger partial charge in [-0.15, -0.1) is 0 Å². The third-order valence-corrected chi connectivity index (χ3v) is 2.89. The molecule has 110 valence electrons. The van der Waals surface area contributed by atoms with Gasteiger partial charge in [-0.3, -0.25) is 4.99 Å². The number of nitrogens with zero attached hydrogens (tertiary/aromatic N) is 2. The molecule has 0 spiro atoms. The molecule has 0 radical (unpaired) electrons. The van der Waals surface area contributed by atoms with Gasteiger partial charge in [0.05, 0.1) is 0 Å². The Labute approximate surface area is 125 Å². The number of halogens is 1. The third kappa shape index (κ3) is 6.99. The van der Waals surface area contributed by atoms with Gasteiger partial charge in [0.15, 0.2) is 0 Å². The van der Waals surface area contributed by atoms with Gasteiger partial charge in [-0.1, -0.05) is 37.8 Å². The SMILES string of the molecule is CCCCCCN=C(N)/N=C(\N)Nc1ccc(Cl)cc1. The molecule has 5 nitrogen and oxygen atoms in total. The molecule has 0 aliphatic rings. The Kier molecular flexibility index (Phi) is 7.50. The zero-order chi connectivity index (χ0) is 14.8. The van der Waals surface area contributed by atoms with E-state index in [9.17, 15) is 0 Å². The standard InChI is InChI=1S/C14H22ClN5/c1-2-3-4-5-10-18-13(16)20-14(17)19-12-8-6-11(15)7-9-12/h6-9H,2-5,10H2,1H3,(H5,16,17,18,19,20). The van der Waals surface area contributed by atoms with E-state index in [1.165, 1.54) is 12.8 Å². The zero-order valence-electron chi connectivity index (χ0n) is 11.8. The first-order chi connectivity index (χ1) is 9.61. The summed E-state index contributed by atoms with van der Waals surface area (Å²) < 4.78 is 0. The van der Waals surface area contributed by atoms with E-state index in [1.54, 1.807) is 12.1 Å². The molecule has 0 bridgehead atoms. The topological polar surface area (TPSA) is 88.8 Å². The number of hydrogen-bond acceptors (Lipinski definition) is 1. The normalized spacial score (nSPS) is 12.5. The molecule has 20 heavy (non-hydrogen) atoms. The lowest BCUT2D eigenvalue weighted by atomic mass is 10.2. The Hall–Kier alpha value is -1.75. The number of unbranched alkanes of at least 4 members (excludes halogenated alkanes) is 3. The van der Waals surface area contributed by atoms with Crippen LogP contribution in [0.5, 0.6) is 0 Å². The van der Waals surface area contributed by atoms with Crippen molar-refractivity contribution in [2.45, 2.75) is 32.6 Å². The second-order valence-corrected chi connectivity index (χ2v) is 4.87. The predicted molar refractivity (Wildman–Crippen MR) is 87.3 cm³/mol. The van der Waals surface area contributed by atoms with E-state index in [-0.39, 0.29) is 11.9 Å². The lowest BCUT2D eigenvalue weighted by Gasteiger charge is -2.05. The molecule has 0 saturated heterocycles. The van der Waals surface area contributed by atoms with Crippen LogP contribution >= 0.6 is 11.6 Å². The van der Waals surface area contributed by atoms with Crippen LogP contribution in [0.1, 0.15) is 32.6 Å². The minimum Gasteiger partial charge on any atom is -0.369 e. The van der Waals surface area contributed by atoms with E-state index in [0.717, 1.165) is 18.5 Å². The number of nitrogens with two attached hydrogens (primary N) is 2. The van der Waals surface area contributed by atoms with Gasteiger partial charge in [0.1, 0.15) is 0 Å². The van der Waals surface area contributed by atoms with Crippen LogP contribution in [0.3, 0.4) is 0 Å². The van der Waals surface area contributed by atoms with Gasteiger partial charge in [-0.05, 0) is 30.7 Å². The fourth-order valence-electron chi connectivity index (χ4n) is 1.60. The fourth-order valence-corrected chi connectivity index (χ4v) is 1.73. The number of nitrogens with one attached hydrogen (secondary N) is 1. The summed E-state index contributed by atoms with van der Waals surface area (Å²) in [7, 11) is 0. The summed E-state index contributed by atoms with van der Waals surface area (Å²) in [5, 5.41) is 3.58. The second-order valence-electron chi connectivity index (χ2n) is 4.43. The Balaban J connectivity index is 2.42. The largest absolute Gasteiger partial charge is 0.369 e. The van der Waals surface area contributed by atoms with Crippen LogP contribution < -0.4 is 16.8 Å². The van der Waals surface area contributed by atoms with Crippen LogP contribution in [0.4, 0.5) is 5.69 Å². The number of benzene rings is 1.